The quantitative estimate of drug-likeness (QED) is 0.0995. The number of aromatic amines is 2. The molecule has 15 nitrogen and oxygen atoms in total. The van der Waals surface area contributed by atoms with Gasteiger partial charge in [0.15, 0.2) is 0 Å². The Bertz CT molecular complexity index is 2710. The fraction of sp³-hybridized carbons (Fsp3) is 0.327. The summed E-state index contributed by atoms with van der Waals surface area (Å²) < 4.78 is 9.62. The smallest absolute Gasteiger partial charge is 0.407 e. The van der Waals surface area contributed by atoms with Crippen molar-refractivity contribution in [3.05, 3.63) is 121 Å². The van der Waals surface area contributed by atoms with Gasteiger partial charge in [-0.3, -0.25) is 9.59 Å². The van der Waals surface area contributed by atoms with Crippen molar-refractivity contribution in [2.75, 3.05) is 27.3 Å². The summed E-state index contributed by atoms with van der Waals surface area (Å²) >= 11 is 0. The molecule has 328 valence electrons. The summed E-state index contributed by atoms with van der Waals surface area (Å²) in [4.78, 5) is 72.0. The molecule has 2 aromatic heterocycles. The van der Waals surface area contributed by atoms with Crippen LogP contribution in [-0.2, 0) is 19.1 Å². The van der Waals surface area contributed by atoms with E-state index in [1.165, 1.54) is 14.2 Å². The molecule has 6 atom stereocenters. The number of likely N-dealkylation sites (tertiary alicyclic amines) is 2. The standard InChI is InChI=1S/C49H51N9O6/c1-28(2)42(55-48(61)63-4)46(59)57-26-29(3)19-40(57)44-52-25-39(54-44)37-18-17-35-21-34(15-16-36(35)22-37)31-11-13-32(14-12-31)38-24-51-45(53-38)41-20-30(23-50)27-58(41)47(60)43(56-49(62)64-5)33-9-7-6-8-10-33/h6-18,21-22,24-25,28-30,40-43H,19-20,26-27H2,1-5H3,(H,51,53)(H,52,54)(H,55,61)(H,56,62)/t29-,30?,40+,41+,42?,43-/m1/s1. The summed E-state index contributed by atoms with van der Waals surface area (Å²) in [7, 11) is 2.53. The van der Waals surface area contributed by atoms with Gasteiger partial charge in [-0.05, 0) is 69.8 Å². The minimum Gasteiger partial charge on any atom is -0.453 e. The Morgan fingerprint density at radius 1 is 0.703 bits per heavy atom. The van der Waals surface area contributed by atoms with Gasteiger partial charge in [0, 0.05) is 18.7 Å². The van der Waals surface area contributed by atoms with Crippen LogP contribution in [0, 0.1) is 29.1 Å². The molecular weight excluding hydrogens is 811 g/mol. The molecule has 0 aliphatic carbocycles. The van der Waals surface area contributed by atoms with E-state index in [4.69, 9.17) is 14.5 Å². The van der Waals surface area contributed by atoms with Gasteiger partial charge in [-0.1, -0.05) is 99.6 Å². The third-order valence-electron chi connectivity index (χ3n) is 12.3. The van der Waals surface area contributed by atoms with Crippen LogP contribution >= 0.6 is 0 Å². The number of alkyl carbamates (subject to hydrolysis) is 2. The molecule has 15 heteroatoms. The third kappa shape index (κ3) is 8.90. The van der Waals surface area contributed by atoms with Crippen LogP contribution in [-0.4, -0.2) is 87.1 Å². The van der Waals surface area contributed by atoms with E-state index in [0.717, 1.165) is 50.8 Å². The average molecular weight is 862 g/mol. The maximum Gasteiger partial charge on any atom is 0.407 e. The molecule has 4 heterocycles. The number of rotatable bonds is 11. The largest absolute Gasteiger partial charge is 0.453 e. The van der Waals surface area contributed by atoms with Gasteiger partial charge in [0.25, 0.3) is 5.91 Å². The van der Waals surface area contributed by atoms with Crippen LogP contribution in [0.25, 0.3) is 44.4 Å². The molecule has 0 radical (unpaired) electrons. The molecule has 2 aliphatic rings. The lowest BCUT2D eigenvalue weighted by Crippen LogP contribution is -2.51. The molecule has 0 bridgehead atoms. The number of imidazole rings is 2. The number of nitriles is 1. The highest BCUT2D eigenvalue weighted by Gasteiger charge is 2.42. The zero-order chi connectivity index (χ0) is 45.1. The number of amides is 4. The van der Waals surface area contributed by atoms with E-state index in [-0.39, 0.29) is 36.2 Å². The van der Waals surface area contributed by atoms with Crippen LogP contribution in [0.1, 0.15) is 69.0 Å². The second-order valence-corrected chi connectivity index (χ2v) is 17.0. The van der Waals surface area contributed by atoms with Gasteiger partial charge >= 0.3 is 12.2 Å². The van der Waals surface area contributed by atoms with Gasteiger partial charge in [-0.25, -0.2) is 19.6 Å². The molecule has 0 spiro atoms. The Balaban J connectivity index is 0.964. The average Bonchev–Trinajstić information content (AvgIpc) is 4.16. The lowest BCUT2D eigenvalue weighted by Gasteiger charge is -2.30. The zero-order valence-corrected chi connectivity index (χ0v) is 36.4. The summed E-state index contributed by atoms with van der Waals surface area (Å²) in [6.45, 7) is 6.69. The van der Waals surface area contributed by atoms with Crippen LogP contribution in [0.4, 0.5) is 9.59 Å². The number of nitrogens with one attached hydrogen (secondary N) is 4. The highest BCUT2D eigenvalue weighted by atomic mass is 16.5. The summed E-state index contributed by atoms with van der Waals surface area (Å²) in [5, 5.41) is 17.4. The zero-order valence-electron chi connectivity index (χ0n) is 36.4. The fourth-order valence-corrected chi connectivity index (χ4v) is 8.88. The summed E-state index contributed by atoms with van der Waals surface area (Å²) in [5.74, 6) is 0.506. The second-order valence-electron chi connectivity index (χ2n) is 17.0. The molecule has 2 aliphatic heterocycles. The van der Waals surface area contributed by atoms with Crippen molar-refractivity contribution in [1.82, 2.24) is 40.4 Å². The predicted octanol–water partition coefficient (Wildman–Crippen LogP) is 8.09. The maximum absolute atomic E-state index is 14.1. The maximum atomic E-state index is 14.1. The number of carbonyl (C=O) groups excluding carboxylic acids is 4. The minimum absolute atomic E-state index is 0.125. The third-order valence-corrected chi connectivity index (χ3v) is 12.3. The molecule has 64 heavy (non-hydrogen) atoms. The van der Waals surface area contributed by atoms with Crippen molar-refractivity contribution in [3.63, 3.8) is 0 Å². The number of nitrogens with zero attached hydrogens (tertiary/aromatic N) is 5. The molecule has 2 fully saturated rings. The number of aromatic nitrogens is 4. The number of fused-ring (bicyclic) bond motifs is 1. The number of hydrogen-bond acceptors (Lipinski definition) is 9. The molecule has 2 saturated heterocycles. The lowest BCUT2D eigenvalue weighted by atomic mass is 9.98. The summed E-state index contributed by atoms with van der Waals surface area (Å²) in [6, 6.07) is 29.6. The van der Waals surface area contributed by atoms with Gasteiger partial charge in [0.1, 0.15) is 23.7 Å². The monoisotopic (exact) mass is 861 g/mol. The normalized spacial score (nSPS) is 19.3. The highest BCUT2D eigenvalue weighted by Crippen LogP contribution is 2.39. The number of methoxy groups -OCH3 is 2. The topological polar surface area (TPSA) is 198 Å². The Morgan fingerprint density at radius 3 is 1.88 bits per heavy atom. The lowest BCUT2D eigenvalue weighted by molar-refractivity contribution is -0.136. The van der Waals surface area contributed by atoms with Crippen molar-refractivity contribution in [2.24, 2.45) is 17.8 Å². The van der Waals surface area contributed by atoms with E-state index in [2.05, 4.69) is 87.1 Å². The first-order valence-corrected chi connectivity index (χ1v) is 21.4. The van der Waals surface area contributed by atoms with Gasteiger partial charge < -0.3 is 39.9 Å². The van der Waals surface area contributed by atoms with Crippen molar-refractivity contribution in [1.29, 1.82) is 5.26 Å². The highest BCUT2D eigenvalue weighted by molar-refractivity contribution is 5.91. The van der Waals surface area contributed by atoms with Crippen LogP contribution in [0.2, 0.25) is 0 Å². The van der Waals surface area contributed by atoms with E-state index < -0.39 is 36.2 Å². The van der Waals surface area contributed by atoms with E-state index in [0.29, 0.717) is 30.2 Å². The van der Waals surface area contributed by atoms with Crippen LogP contribution < -0.4 is 10.6 Å². The number of ether oxygens (including phenoxy) is 2. The summed E-state index contributed by atoms with van der Waals surface area (Å²) in [5.41, 5.74) is 6.19. The molecule has 4 amide bonds. The number of benzene rings is 4. The molecular formula is C49H51N9O6. The Morgan fingerprint density at radius 2 is 1.25 bits per heavy atom. The Labute approximate surface area is 371 Å². The van der Waals surface area contributed by atoms with Crippen LogP contribution in [0.15, 0.2) is 103 Å². The molecule has 4 N–H and O–H groups in total. The van der Waals surface area contributed by atoms with Gasteiger partial charge in [-0.15, -0.1) is 0 Å². The van der Waals surface area contributed by atoms with Crippen LogP contribution in [0.5, 0.6) is 0 Å². The van der Waals surface area contributed by atoms with E-state index >= 15 is 0 Å². The first-order valence-electron chi connectivity index (χ1n) is 21.4. The van der Waals surface area contributed by atoms with E-state index in [9.17, 15) is 24.4 Å². The van der Waals surface area contributed by atoms with Crippen molar-refractivity contribution >= 4 is 34.8 Å². The first-order chi connectivity index (χ1) is 30.9. The SMILES string of the molecule is COC(=O)NC(C(=O)N1C[C@H](C)C[C@H]1c1ncc(-c2ccc3cc(-c4ccc(-c5cnc([C@@H]6CC(C#N)CN6C(=O)[C@H](NC(=O)OC)c6ccccc6)[nH]5)cc4)ccc3c2)[nH]1)C(C)C. The Kier molecular flexibility index (Phi) is 12.5. The summed E-state index contributed by atoms with van der Waals surface area (Å²) in [6.07, 6.45) is 3.34. The first kappa shape index (κ1) is 43.2. The molecule has 2 unspecified atom stereocenters. The molecule has 4 aromatic carbocycles. The minimum atomic E-state index is -1.00. The second kappa shape index (κ2) is 18.5. The van der Waals surface area contributed by atoms with Crippen molar-refractivity contribution in [2.45, 2.75) is 57.8 Å². The van der Waals surface area contributed by atoms with Crippen molar-refractivity contribution in [3.8, 4) is 39.7 Å². The van der Waals surface area contributed by atoms with Gasteiger partial charge in [0.05, 0.1) is 62.1 Å². The molecule has 8 rings (SSSR count). The van der Waals surface area contributed by atoms with Crippen molar-refractivity contribution < 1.29 is 28.7 Å². The molecule has 6 aromatic rings. The number of carbonyl (C=O) groups is 4. The Hall–Kier alpha value is -7.47. The predicted molar refractivity (Wildman–Crippen MR) is 240 cm³/mol. The number of H-pyrrole nitrogens is 2. The fourth-order valence-electron chi connectivity index (χ4n) is 8.88. The van der Waals surface area contributed by atoms with Gasteiger partial charge in [-0.2, -0.15) is 5.26 Å². The van der Waals surface area contributed by atoms with Gasteiger partial charge in [0.2, 0.25) is 5.91 Å². The van der Waals surface area contributed by atoms with E-state index in [1.54, 1.807) is 35.4 Å². The molecule has 0 saturated carbocycles. The number of hydrogen-bond donors (Lipinski definition) is 4. The van der Waals surface area contributed by atoms with E-state index in [1.807, 2.05) is 43.1 Å². The van der Waals surface area contributed by atoms with Crippen LogP contribution in [0.3, 0.4) is 0 Å².